The first-order valence-corrected chi connectivity index (χ1v) is 6.28. The van der Waals surface area contributed by atoms with Gasteiger partial charge in [0.2, 0.25) is 0 Å². The van der Waals surface area contributed by atoms with Crippen molar-refractivity contribution in [2.75, 3.05) is 26.2 Å². The molecular weight excluding hydrogens is 172 g/mol. The van der Waals surface area contributed by atoms with Crippen LogP contribution in [0.15, 0.2) is 0 Å². The van der Waals surface area contributed by atoms with Gasteiger partial charge < -0.3 is 10.2 Å². The van der Waals surface area contributed by atoms with Gasteiger partial charge in [0, 0.05) is 12.6 Å². The maximum absolute atomic E-state index is 3.53. The van der Waals surface area contributed by atoms with Crippen molar-refractivity contribution in [3.8, 4) is 0 Å². The molecule has 0 aromatic carbocycles. The summed E-state index contributed by atoms with van der Waals surface area (Å²) in [5.41, 5.74) is 0. The van der Waals surface area contributed by atoms with Gasteiger partial charge in [-0.1, -0.05) is 26.2 Å². The van der Waals surface area contributed by atoms with Crippen LogP contribution in [0.5, 0.6) is 0 Å². The van der Waals surface area contributed by atoms with Crippen LogP contribution in [0.1, 0.15) is 46.0 Å². The minimum Gasteiger partial charge on any atom is -0.313 e. The lowest BCUT2D eigenvalue weighted by atomic mass is 10.2. The standard InChI is InChI=1S/C12H26N2/c1-3-4-5-6-9-14-10-7-8-13-12(2)11-14/h12-13H,3-11H2,1-2H3. The van der Waals surface area contributed by atoms with Gasteiger partial charge in [-0.2, -0.15) is 0 Å². The molecule has 0 amide bonds. The fourth-order valence-electron chi connectivity index (χ4n) is 2.16. The molecule has 1 aliphatic rings. The molecule has 0 spiro atoms. The van der Waals surface area contributed by atoms with Crippen molar-refractivity contribution < 1.29 is 0 Å². The van der Waals surface area contributed by atoms with Gasteiger partial charge in [-0.3, -0.25) is 0 Å². The van der Waals surface area contributed by atoms with E-state index in [0.717, 1.165) is 0 Å². The van der Waals surface area contributed by atoms with E-state index in [1.165, 1.54) is 58.3 Å². The third kappa shape index (κ3) is 4.97. The third-order valence-electron chi connectivity index (χ3n) is 3.00. The molecule has 1 saturated heterocycles. The molecule has 84 valence electrons. The van der Waals surface area contributed by atoms with Crippen LogP contribution in [0.2, 0.25) is 0 Å². The molecule has 0 aromatic rings. The SMILES string of the molecule is CCCCCCN1CCCNC(C)C1. The second kappa shape index (κ2) is 7.24. The predicted octanol–water partition coefficient (Wildman–Crippen LogP) is 2.25. The summed E-state index contributed by atoms with van der Waals surface area (Å²) in [6.45, 7) is 9.62. The Morgan fingerprint density at radius 1 is 1.29 bits per heavy atom. The van der Waals surface area contributed by atoms with Gasteiger partial charge >= 0.3 is 0 Å². The molecule has 1 aliphatic heterocycles. The first-order chi connectivity index (χ1) is 6.83. The number of hydrogen-bond donors (Lipinski definition) is 1. The van der Waals surface area contributed by atoms with Gasteiger partial charge in [-0.05, 0) is 39.4 Å². The van der Waals surface area contributed by atoms with Crippen LogP contribution >= 0.6 is 0 Å². The average Bonchev–Trinajstić information content (AvgIpc) is 2.38. The van der Waals surface area contributed by atoms with Crippen molar-refractivity contribution in [1.29, 1.82) is 0 Å². The molecular formula is C12H26N2. The molecule has 1 unspecified atom stereocenters. The summed E-state index contributed by atoms with van der Waals surface area (Å²) in [7, 11) is 0. The highest BCUT2D eigenvalue weighted by atomic mass is 15.2. The second-order valence-corrected chi connectivity index (χ2v) is 4.57. The summed E-state index contributed by atoms with van der Waals surface area (Å²) < 4.78 is 0. The van der Waals surface area contributed by atoms with Crippen molar-refractivity contribution >= 4 is 0 Å². The summed E-state index contributed by atoms with van der Waals surface area (Å²) in [5.74, 6) is 0. The van der Waals surface area contributed by atoms with E-state index < -0.39 is 0 Å². The highest BCUT2D eigenvalue weighted by Gasteiger charge is 2.12. The van der Waals surface area contributed by atoms with Crippen molar-refractivity contribution in [2.24, 2.45) is 0 Å². The Morgan fingerprint density at radius 3 is 2.93 bits per heavy atom. The molecule has 14 heavy (non-hydrogen) atoms. The zero-order chi connectivity index (χ0) is 10.2. The Bertz CT molecular complexity index is 136. The molecule has 1 fully saturated rings. The average molecular weight is 198 g/mol. The molecule has 0 aromatic heterocycles. The lowest BCUT2D eigenvalue weighted by Gasteiger charge is -2.21. The van der Waals surface area contributed by atoms with Gasteiger partial charge in [0.25, 0.3) is 0 Å². The molecule has 2 nitrogen and oxygen atoms in total. The Hall–Kier alpha value is -0.0800. The molecule has 0 saturated carbocycles. The molecule has 0 radical (unpaired) electrons. The quantitative estimate of drug-likeness (QED) is 0.682. The van der Waals surface area contributed by atoms with Gasteiger partial charge in [-0.25, -0.2) is 0 Å². The Kier molecular flexibility index (Phi) is 6.20. The molecule has 0 bridgehead atoms. The largest absolute Gasteiger partial charge is 0.313 e. The van der Waals surface area contributed by atoms with E-state index in [1.807, 2.05) is 0 Å². The lowest BCUT2D eigenvalue weighted by molar-refractivity contribution is 0.266. The van der Waals surface area contributed by atoms with E-state index >= 15 is 0 Å². The fraction of sp³-hybridized carbons (Fsp3) is 1.00. The Labute approximate surface area is 89.1 Å². The van der Waals surface area contributed by atoms with Crippen LogP contribution in [-0.4, -0.2) is 37.1 Å². The number of nitrogens with zero attached hydrogens (tertiary/aromatic N) is 1. The molecule has 1 rings (SSSR count). The second-order valence-electron chi connectivity index (χ2n) is 4.57. The minimum absolute atomic E-state index is 0.684. The molecule has 1 N–H and O–H groups in total. The van der Waals surface area contributed by atoms with Crippen LogP contribution < -0.4 is 5.32 Å². The monoisotopic (exact) mass is 198 g/mol. The molecule has 2 heteroatoms. The van der Waals surface area contributed by atoms with E-state index in [4.69, 9.17) is 0 Å². The van der Waals surface area contributed by atoms with E-state index in [0.29, 0.717) is 6.04 Å². The van der Waals surface area contributed by atoms with Crippen LogP contribution in [0.25, 0.3) is 0 Å². The summed E-state index contributed by atoms with van der Waals surface area (Å²) in [4.78, 5) is 2.63. The summed E-state index contributed by atoms with van der Waals surface area (Å²) in [6, 6.07) is 0.684. The van der Waals surface area contributed by atoms with Crippen molar-refractivity contribution in [2.45, 2.75) is 52.0 Å². The smallest absolute Gasteiger partial charge is 0.0166 e. The highest BCUT2D eigenvalue weighted by molar-refractivity contribution is 4.72. The molecule has 1 atom stereocenters. The lowest BCUT2D eigenvalue weighted by Crippen LogP contribution is -2.35. The number of hydrogen-bond acceptors (Lipinski definition) is 2. The topological polar surface area (TPSA) is 15.3 Å². The summed E-state index contributed by atoms with van der Waals surface area (Å²) >= 11 is 0. The number of rotatable bonds is 5. The van der Waals surface area contributed by atoms with Crippen LogP contribution in [0.3, 0.4) is 0 Å². The van der Waals surface area contributed by atoms with Crippen molar-refractivity contribution in [1.82, 2.24) is 10.2 Å². The Morgan fingerprint density at radius 2 is 2.14 bits per heavy atom. The van der Waals surface area contributed by atoms with E-state index in [9.17, 15) is 0 Å². The highest BCUT2D eigenvalue weighted by Crippen LogP contribution is 2.05. The summed E-state index contributed by atoms with van der Waals surface area (Å²) in [6.07, 6.45) is 6.87. The maximum atomic E-state index is 3.53. The normalized spacial score (nSPS) is 24.9. The predicted molar refractivity (Wildman–Crippen MR) is 62.7 cm³/mol. The van der Waals surface area contributed by atoms with Gasteiger partial charge in [0.15, 0.2) is 0 Å². The van der Waals surface area contributed by atoms with Gasteiger partial charge in [0.1, 0.15) is 0 Å². The third-order valence-corrected chi connectivity index (χ3v) is 3.00. The van der Waals surface area contributed by atoms with Crippen molar-refractivity contribution in [3.05, 3.63) is 0 Å². The molecule has 1 heterocycles. The first-order valence-electron chi connectivity index (χ1n) is 6.28. The zero-order valence-corrected chi connectivity index (χ0v) is 9.89. The maximum Gasteiger partial charge on any atom is 0.0166 e. The van der Waals surface area contributed by atoms with Gasteiger partial charge in [-0.15, -0.1) is 0 Å². The van der Waals surface area contributed by atoms with Crippen molar-refractivity contribution in [3.63, 3.8) is 0 Å². The molecule has 0 aliphatic carbocycles. The summed E-state index contributed by atoms with van der Waals surface area (Å²) in [5, 5.41) is 3.53. The first kappa shape index (κ1) is 12.0. The zero-order valence-electron chi connectivity index (χ0n) is 9.89. The fourth-order valence-corrected chi connectivity index (χ4v) is 2.16. The number of nitrogens with one attached hydrogen (secondary N) is 1. The van der Waals surface area contributed by atoms with E-state index in [1.54, 1.807) is 0 Å². The van der Waals surface area contributed by atoms with Gasteiger partial charge in [0.05, 0.1) is 0 Å². The van der Waals surface area contributed by atoms with E-state index in [-0.39, 0.29) is 0 Å². The Balaban J connectivity index is 2.09. The van der Waals surface area contributed by atoms with E-state index in [2.05, 4.69) is 24.1 Å². The number of unbranched alkanes of at least 4 members (excludes halogenated alkanes) is 3. The van der Waals surface area contributed by atoms with Crippen LogP contribution in [0.4, 0.5) is 0 Å². The minimum atomic E-state index is 0.684. The van der Waals surface area contributed by atoms with Crippen LogP contribution in [0, 0.1) is 0 Å². The van der Waals surface area contributed by atoms with Crippen LogP contribution in [-0.2, 0) is 0 Å².